The van der Waals surface area contributed by atoms with Crippen molar-refractivity contribution in [2.75, 3.05) is 25.0 Å². The summed E-state index contributed by atoms with van der Waals surface area (Å²) in [4.78, 5) is 28.2. The summed E-state index contributed by atoms with van der Waals surface area (Å²) in [5, 5.41) is 6.63. The Bertz CT molecular complexity index is 2000. The summed E-state index contributed by atoms with van der Waals surface area (Å²) in [6.45, 7) is 16.3. The van der Waals surface area contributed by atoms with Crippen molar-refractivity contribution in [1.29, 1.82) is 0 Å². The summed E-state index contributed by atoms with van der Waals surface area (Å²) in [6, 6.07) is 30.8. The molecule has 1 amide bonds. The van der Waals surface area contributed by atoms with Gasteiger partial charge >= 0.3 is 0 Å². The lowest BCUT2D eigenvalue weighted by atomic mass is 9.91. The molecule has 4 heterocycles. The number of rotatable bonds is 13. The van der Waals surface area contributed by atoms with Gasteiger partial charge in [-0.2, -0.15) is 0 Å². The zero-order chi connectivity index (χ0) is 38.1. The molecule has 5 aromatic rings. The van der Waals surface area contributed by atoms with Crippen LogP contribution >= 0.6 is 0 Å². The number of nitrogens with one attached hydrogen (secondary N) is 2. The topological polar surface area (TPSA) is 122 Å². The number of carbonyl (C=O) groups is 1. The summed E-state index contributed by atoms with van der Waals surface area (Å²) in [6.07, 6.45) is 0.531. The fourth-order valence-electron chi connectivity index (χ4n) is 6.89. The minimum atomic E-state index is -2.08. The third-order valence-electron chi connectivity index (χ3n) is 10.9. The van der Waals surface area contributed by atoms with E-state index in [4.69, 9.17) is 33.6 Å². The maximum Gasteiger partial charge on any atom is 0.289 e. The molecule has 284 valence electrons. The minimum absolute atomic E-state index is 0.00880. The molecule has 2 N–H and O–H groups in total. The largest absolute Gasteiger partial charge is 0.414 e. The molecule has 0 radical (unpaired) electrons. The number of hydrogen-bond donors (Lipinski definition) is 2. The molecule has 0 aliphatic carbocycles. The van der Waals surface area contributed by atoms with Crippen molar-refractivity contribution >= 4 is 31.2 Å². The van der Waals surface area contributed by atoms with Crippen molar-refractivity contribution in [3.8, 4) is 0 Å². The number of aromatic nitrogens is 4. The Morgan fingerprint density at radius 1 is 0.907 bits per heavy atom. The van der Waals surface area contributed by atoms with Crippen LogP contribution in [0.15, 0.2) is 97.3 Å². The van der Waals surface area contributed by atoms with Gasteiger partial charge < -0.3 is 29.3 Å². The zero-order valence-electron chi connectivity index (χ0n) is 32.3. The predicted molar refractivity (Wildman–Crippen MR) is 212 cm³/mol. The summed E-state index contributed by atoms with van der Waals surface area (Å²) in [7, 11) is -2.08. The predicted octanol–water partition coefficient (Wildman–Crippen LogP) is 7.48. The first-order valence-corrected chi connectivity index (χ1v) is 21.8. The Balaban J connectivity index is 1.22. The number of nitrogens with zero attached hydrogens (tertiary/aromatic N) is 4. The van der Waals surface area contributed by atoms with Crippen LogP contribution in [-0.4, -0.2) is 77.5 Å². The fraction of sp³-hybridized carbons (Fsp3) is 0.429. The molecule has 54 heavy (non-hydrogen) atoms. The van der Waals surface area contributed by atoms with Crippen molar-refractivity contribution in [3.05, 3.63) is 120 Å². The second-order valence-electron chi connectivity index (χ2n) is 16.2. The third kappa shape index (κ3) is 8.13. The summed E-state index contributed by atoms with van der Waals surface area (Å²) >= 11 is 0. The van der Waals surface area contributed by atoms with Crippen molar-refractivity contribution < 1.29 is 23.4 Å². The van der Waals surface area contributed by atoms with E-state index >= 15 is 0 Å². The third-order valence-corrected chi connectivity index (χ3v) is 15.4. The Morgan fingerprint density at radius 3 is 2.15 bits per heavy atom. The lowest BCUT2D eigenvalue weighted by Crippen LogP contribution is -2.44. The molecule has 0 saturated carbocycles. The van der Waals surface area contributed by atoms with Gasteiger partial charge in [-0.05, 0) is 55.1 Å². The SMILES string of the molecule is CC1(C)O[C@@H]2C(CO[Si](C)(C)C(C)(C)C)OC(n3cnc4c(NCC(c5ccccc5)c5ccccc5)nc(C(=O)NCCc5ccccc5)nc43)[C@@H]2O1. The van der Waals surface area contributed by atoms with E-state index in [0.29, 0.717) is 43.1 Å². The van der Waals surface area contributed by atoms with Crippen LogP contribution in [-0.2, 0) is 25.1 Å². The Morgan fingerprint density at radius 2 is 1.52 bits per heavy atom. The first-order valence-electron chi connectivity index (χ1n) is 18.9. The second-order valence-corrected chi connectivity index (χ2v) is 21.0. The van der Waals surface area contributed by atoms with Crippen LogP contribution in [0.3, 0.4) is 0 Å². The molecular formula is C42H52N6O5Si. The zero-order valence-corrected chi connectivity index (χ0v) is 33.3. The Labute approximate surface area is 319 Å². The molecule has 0 spiro atoms. The van der Waals surface area contributed by atoms with Gasteiger partial charge in [-0.25, -0.2) is 15.0 Å². The molecule has 12 heteroatoms. The smallest absolute Gasteiger partial charge is 0.289 e. The van der Waals surface area contributed by atoms with E-state index < -0.39 is 26.4 Å². The van der Waals surface area contributed by atoms with Gasteiger partial charge in [-0.15, -0.1) is 0 Å². The number of fused-ring (bicyclic) bond motifs is 2. The monoisotopic (exact) mass is 748 g/mol. The van der Waals surface area contributed by atoms with Gasteiger partial charge in [0, 0.05) is 19.0 Å². The van der Waals surface area contributed by atoms with E-state index in [9.17, 15) is 4.79 Å². The van der Waals surface area contributed by atoms with Crippen molar-refractivity contribution in [2.45, 2.75) is 95.4 Å². The maximum atomic E-state index is 13.8. The molecule has 4 atom stereocenters. The molecule has 0 bridgehead atoms. The number of carbonyl (C=O) groups excluding carboxylic acids is 1. The van der Waals surface area contributed by atoms with Crippen LogP contribution in [0, 0.1) is 0 Å². The quantitative estimate of drug-likeness (QED) is 0.118. The highest BCUT2D eigenvalue weighted by atomic mass is 28.4. The molecule has 11 nitrogen and oxygen atoms in total. The van der Waals surface area contributed by atoms with Gasteiger partial charge in [0.2, 0.25) is 5.82 Å². The van der Waals surface area contributed by atoms with Crippen LogP contribution < -0.4 is 10.6 Å². The summed E-state index contributed by atoms with van der Waals surface area (Å²) in [5.41, 5.74) is 4.42. The van der Waals surface area contributed by atoms with Gasteiger partial charge in [0.1, 0.15) is 18.3 Å². The number of hydrogen-bond acceptors (Lipinski definition) is 9. The van der Waals surface area contributed by atoms with E-state index in [1.54, 1.807) is 6.33 Å². The molecular weight excluding hydrogens is 697 g/mol. The van der Waals surface area contributed by atoms with E-state index in [0.717, 1.165) is 16.7 Å². The molecule has 2 saturated heterocycles. The maximum absolute atomic E-state index is 13.8. The van der Waals surface area contributed by atoms with Crippen LogP contribution in [0.4, 0.5) is 5.82 Å². The van der Waals surface area contributed by atoms with Gasteiger partial charge in [-0.1, -0.05) is 112 Å². The highest BCUT2D eigenvalue weighted by Crippen LogP contribution is 2.45. The van der Waals surface area contributed by atoms with Crippen LogP contribution in [0.2, 0.25) is 18.1 Å². The number of ether oxygens (including phenoxy) is 3. The molecule has 2 aromatic heterocycles. The number of benzene rings is 3. The number of imidazole rings is 1. The van der Waals surface area contributed by atoms with Crippen LogP contribution in [0.5, 0.6) is 0 Å². The lowest BCUT2D eigenvalue weighted by Gasteiger charge is -2.37. The average molecular weight is 749 g/mol. The second kappa shape index (κ2) is 15.3. The van der Waals surface area contributed by atoms with E-state index in [1.807, 2.05) is 85.1 Å². The van der Waals surface area contributed by atoms with E-state index in [-0.39, 0.29) is 34.9 Å². The summed E-state index contributed by atoms with van der Waals surface area (Å²) in [5.74, 6) is -0.696. The van der Waals surface area contributed by atoms with Crippen LogP contribution in [0.1, 0.15) is 74.1 Å². The van der Waals surface area contributed by atoms with E-state index in [2.05, 4.69) is 68.8 Å². The first-order chi connectivity index (χ1) is 25.8. The normalized spacial score (nSPS) is 21.0. The van der Waals surface area contributed by atoms with Gasteiger partial charge in [0.05, 0.1) is 12.9 Å². The molecule has 2 fully saturated rings. The van der Waals surface area contributed by atoms with Crippen molar-refractivity contribution in [1.82, 2.24) is 24.8 Å². The average Bonchev–Trinajstić information content (AvgIpc) is 3.82. The van der Waals surface area contributed by atoms with E-state index in [1.165, 1.54) is 0 Å². The first kappa shape index (κ1) is 37.8. The molecule has 7 rings (SSSR count). The highest BCUT2D eigenvalue weighted by molar-refractivity contribution is 6.74. The standard InChI is InChI=1S/C42H52N6O5Si/c1-41(2,3)54(6,7)50-26-32-34-35(53-42(4,5)52-34)40(51-32)48-27-45-33-36(44-25-31(29-19-13-9-14-20-29)30-21-15-10-16-22-30)46-37(47-38(33)48)39(49)43-24-23-28-17-11-8-12-18-28/h8-22,27,31-32,34-35,40H,23-26H2,1-7H3,(H,43,49)(H,44,46,47)/t32?,34-,35-,40?/m1/s1. The van der Waals surface area contributed by atoms with Gasteiger partial charge in [0.25, 0.3) is 5.91 Å². The molecule has 2 aliphatic rings. The fourth-order valence-corrected chi connectivity index (χ4v) is 7.91. The van der Waals surface area contributed by atoms with Gasteiger partial charge in [0.15, 0.2) is 37.3 Å². The molecule has 2 aliphatic heterocycles. The van der Waals surface area contributed by atoms with Crippen molar-refractivity contribution in [2.24, 2.45) is 0 Å². The molecule has 3 aromatic carbocycles. The Kier molecular flexibility index (Phi) is 10.8. The minimum Gasteiger partial charge on any atom is -0.414 e. The van der Waals surface area contributed by atoms with Gasteiger partial charge in [-0.3, -0.25) is 9.36 Å². The Hall–Kier alpha value is -4.46. The number of amides is 1. The highest BCUT2D eigenvalue weighted by Gasteiger charge is 2.56. The van der Waals surface area contributed by atoms with Crippen LogP contribution in [0.25, 0.3) is 11.2 Å². The lowest BCUT2D eigenvalue weighted by molar-refractivity contribution is -0.199. The summed E-state index contributed by atoms with van der Waals surface area (Å²) < 4.78 is 28.2. The molecule has 2 unspecified atom stereocenters. The van der Waals surface area contributed by atoms with Crippen molar-refractivity contribution in [3.63, 3.8) is 0 Å². The number of anilines is 1.